The van der Waals surface area contributed by atoms with Gasteiger partial charge in [-0.2, -0.15) is 0 Å². The standard InChI is InChI=1S/C86H51N7O2/c1-2-22-52(23-3-1)89-69-35-13-6-26-57(69)60-46-49-76-81(82(60)89)87-85-90(74-38-16-17-39-75(74)93(76)85)54-45-48-73-62(51-54)59-28-8-15-37-71(59)92(73)78-41-21-32-66-84(78)95-80-43-19-10-30-64(80)86(66)63-29-9-18-42-79(63)94-83-65(86)31-20-40-77(83)91-70-36-14-7-27-58(70)61-50-53(44-47-72(61)91)88-67-33-11-4-24-55(67)56-25-5-12-34-68(56)88/h1-51H. The predicted octanol–water partition coefficient (Wildman–Crippen LogP) is 21.4. The molecule has 0 saturated heterocycles. The molecule has 6 aromatic heterocycles. The smallest absolute Gasteiger partial charge is 0.220 e. The van der Waals surface area contributed by atoms with Crippen LogP contribution < -0.4 is 9.47 Å². The van der Waals surface area contributed by atoms with Gasteiger partial charge in [-0.1, -0.05) is 182 Å². The second-order valence-corrected chi connectivity index (χ2v) is 25.3. The van der Waals surface area contributed by atoms with Gasteiger partial charge in [0.1, 0.15) is 17.0 Å². The van der Waals surface area contributed by atoms with Gasteiger partial charge in [-0.25, -0.2) is 4.98 Å². The van der Waals surface area contributed by atoms with Crippen molar-refractivity contribution >= 4 is 115 Å². The van der Waals surface area contributed by atoms with E-state index in [0.717, 1.165) is 156 Å². The minimum atomic E-state index is -0.898. The number of ether oxygens (including phenoxy) is 2. The lowest BCUT2D eigenvalue weighted by molar-refractivity contribution is 0.398. The van der Waals surface area contributed by atoms with Crippen molar-refractivity contribution in [2.24, 2.45) is 0 Å². The SMILES string of the molecule is c1ccc(-n2c3ccccc3c3ccc4c(nc5n(-c6ccc7c(c6)c6ccccc6n7-c6cccc7c6Oc6ccccc6C76c7ccccc7Oc7c(-n8c9ccccc9c9cc(-n%10c%11ccccc%11c%11ccccc%11%10)ccc98)cccc76)c6ccccc6n45)c32)cc1. The molecule has 0 bridgehead atoms. The van der Waals surface area contributed by atoms with Crippen molar-refractivity contribution in [1.29, 1.82) is 0 Å². The monoisotopic (exact) mass is 1210 g/mol. The number of hydrogen-bond donors (Lipinski definition) is 0. The maximum absolute atomic E-state index is 7.51. The molecular formula is C86H51N7O2. The van der Waals surface area contributed by atoms with Gasteiger partial charge in [0.25, 0.3) is 0 Å². The van der Waals surface area contributed by atoms with E-state index in [9.17, 15) is 0 Å². The number of fused-ring (bicyclic) bond motifs is 26. The Morgan fingerprint density at radius 1 is 0.253 bits per heavy atom. The number of aromatic nitrogens is 7. The molecule has 0 N–H and O–H groups in total. The average molecular weight is 1210 g/mol. The Labute approximate surface area is 542 Å². The van der Waals surface area contributed by atoms with Crippen molar-refractivity contribution in [1.82, 2.24) is 32.2 Å². The van der Waals surface area contributed by atoms with Crippen LogP contribution in [0.15, 0.2) is 309 Å². The highest BCUT2D eigenvalue weighted by Gasteiger charge is 2.52. The second kappa shape index (κ2) is 18.7. The molecule has 20 aromatic rings. The van der Waals surface area contributed by atoms with Crippen LogP contribution in [0.25, 0.3) is 144 Å². The van der Waals surface area contributed by atoms with Crippen molar-refractivity contribution < 1.29 is 9.47 Å². The van der Waals surface area contributed by atoms with Crippen LogP contribution in [0.2, 0.25) is 0 Å². The lowest BCUT2D eigenvalue weighted by Crippen LogP contribution is -2.37. The van der Waals surface area contributed by atoms with Crippen molar-refractivity contribution in [3.05, 3.63) is 332 Å². The number of imidazole rings is 2. The van der Waals surface area contributed by atoms with Gasteiger partial charge in [0.15, 0.2) is 11.5 Å². The highest BCUT2D eigenvalue weighted by Crippen LogP contribution is 2.63. The molecule has 8 heterocycles. The lowest BCUT2D eigenvalue weighted by atomic mass is 9.62. The van der Waals surface area contributed by atoms with Gasteiger partial charge in [-0.15, -0.1) is 0 Å². The minimum Gasteiger partial charge on any atom is -0.454 e. The van der Waals surface area contributed by atoms with Crippen molar-refractivity contribution in [3.8, 4) is 51.4 Å². The van der Waals surface area contributed by atoms with E-state index in [1.807, 2.05) is 0 Å². The maximum Gasteiger partial charge on any atom is 0.220 e. The third-order valence-electron chi connectivity index (χ3n) is 20.7. The molecule has 95 heavy (non-hydrogen) atoms. The fourth-order valence-electron chi connectivity index (χ4n) is 17.0. The Bertz CT molecular complexity index is 6680. The summed E-state index contributed by atoms with van der Waals surface area (Å²) in [6.07, 6.45) is 0. The van der Waals surface area contributed by atoms with Gasteiger partial charge in [-0.05, 0) is 127 Å². The zero-order chi connectivity index (χ0) is 61.8. The molecule has 1 atom stereocenters. The molecule has 442 valence electrons. The highest BCUT2D eigenvalue weighted by atomic mass is 16.5. The van der Waals surface area contributed by atoms with Crippen LogP contribution in [0.4, 0.5) is 0 Å². The predicted molar refractivity (Wildman–Crippen MR) is 385 cm³/mol. The van der Waals surface area contributed by atoms with Gasteiger partial charge < -0.3 is 27.7 Å². The third-order valence-corrected chi connectivity index (χ3v) is 20.7. The Hall–Kier alpha value is -12.9. The van der Waals surface area contributed by atoms with Crippen molar-refractivity contribution in [3.63, 3.8) is 0 Å². The molecule has 14 aromatic carbocycles. The zero-order valence-electron chi connectivity index (χ0n) is 50.9. The number of hydrogen-bond acceptors (Lipinski definition) is 3. The molecule has 0 aliphatic carbocycles. The number of para-hydroxylation sites is 12. The number of benzene rings is 14. The summed E-state index contributed by atoms with van der Waals surface area (Å²) in [5.41, 5.74) is 21.4. The molecule has 0 saturated carbocycles. The first-order valence-electron chi connectivity index (χ1n) is 32.4. The fourth-order valence-corrected chi connectivity index (χ4v) is 17.0. The molecule has 2 aliphatic rings. The van der Waals surface area contributed by atoms with Crippen LogP contribution >= 0.6 is 0 Å². The summed E-state index contributed by atoms with van der Waals surface area (Å²) < 4.78 is 29.3. The van der Waals surface area contributed by atoms with E-state index in [0.29, 0.717) is 0 Å². The summed E-state index contributed by atoms with van der Waals surface area (Å²) in [5.74, 6) is 3.99. The fraction of sp³-hybridized carbons (Fsp3) is 0.0116. The maximum atomic E-state index is 7.51. The first-order chi connectivity index (χ1) is 47.2. The number of nitrogens with zero attached hydrogens (tertiary/aromatic N) is 7. The number of rotatable bonds is 5. The first-order valence-corrected chi connectivity index (χ1v) is 32.4. The minimum absolute atomic E-state index is 0.779. The third kappa shape index (κ3) is 6.57. The molecule has 2 aliphatic heterocycles. The second-order valence-electron chi connectivity index (χ2n) is 25.3. The summed E-state index contributed by atoms with van der Waals surface area (Å²) in [4.78, 5) is 5.72. The van der Waals surface area contributed by atoms with Gasteiger partial charge in [0.05, 0.1) is 77.5 Å². The van der Waals surface area contributed by atoms with Gasteiger partial charge in [-0.3, -0.25) is 8.97 Å². The summed E-state index contributed by atoms with van der Waals surface area (Å²) in [7, 11) is 0. The summed E-state index contributed by atoms with van der Waals surface area (Å²) in [5, 5.41) is 9.40. The Balaban J connectivity index is 0.752. The van der Waals surface area contributed by atoms with Crippen molar-refractivity contribution in [2.45, 2.75) is 5.41 Å². The van der Waals surface area contributed by atoms with Crippen LogP contribution in [0.3, 0.4) is 0 Å². The molecule has 0 amide bonds. The van der Waals surface area contributed by atoms with E-state index in [2.05, 4.69) is 337 Å². The first kappa shape index (κ1) is 50.8. The Morgan fingerprint density at radius 2 is 0.653 bits per heavy atom. The molecule has 0 radical (unpaired) electrons. The molecule has 22 rings (SSSR count). The largest absolute Gasteiger partial charge is 0.454 e. The molecule has 1 spiro atoms. The summed E-state index contributed by atoms with van der Waals surface area (Å²) in [6, 6.07) is 112. The topological polar surface area (TPSA) is 60.4 Å². The van der Waals surface area contributed by atoms with E-state index < -0.39 is 5.41 Å². The highest BCUT2D eigenvalue weighted by molar-refractivity contribution is 6.19. The van der Waals surface area contributed by atoms with E-state index >= 15 is 0 Å². The quantitative estimate of drug-likeness (QED) is 0.173. The zero-order valence-corrected chi connectivity index (χ0v) is 50.9. The average Bonchev–Trinajstić information content (AvgIpc) is 1.15. The van der Waals surface area contributed by atoms with Gasteiger partial charge in [0.2, 0.25) is 5.78 Å². The van der Waals surface area contributed by atoms with Gasteiger partial charge in [0, 0.05) is 82.4 Å². The van der Waals surface area contributed by atoms with E-state index in [-0.39, 0.29) is 0 Å². The van der Waals surface area contributed by atoms with E-state index in [1.54, 1.807) is 0 Å². The Morgan fingerprint density at radius 3 is 1.20 bits per heavy atom. The summed E-state index contributed by atoms with van der Waals surface area (Å²) >= 11 is 0. The lowest BCUT2D eigenvalue weighted by Gasteiger charge is -2.45. The van der Waals surface area contributed by atoms with Crippen LogP contribution in [0.1, 0.15) is 22.3 Å². The van der Waals surface area contributed by atoms with E-state index in [1.165, 1.54) is 32.6 Å². The molecule has 9 heteroatoms. The summed E-state index contributed by atoms with van der Waals surface area (Å²) in [6.45, 7) is 0. The van der Waals surface area contributed by atoms with Crippen molar-refractivity contribution in [2.75, 3.05) is 0 Å². The van der Waals surface area contributed by atoms with Crippen LogP contribution in [-0.2, 0) is 5.41 Å². The van der Waals surface area contributed by atoms with Crippen LogP contribution in [-0.4, -0.2) is 32.2 Å². The van der Waals surface area contributed by atoms with Gasteiger partial charge >= 0.3 is 0 Å². The van der Waals surface area contributed by atoms with Crippen LogP contribution in [0, 0.1) is 0 Å². The molecule has 9 nitrogen and oxygen atoms in total. The van der Waals surface area contributed by atoms with E-state index in [4.69, 9.17) is 14.5 Å². The molecule has 0 fully saturated rings. The normalized spacial score (nSPS) is 14.3. The Kier molecular flexibility index (Phi) is 9.99. The van der Waals surface area contributed by atoms with Crippen LogP contribution in [0.5, 0.6) is 23.0 Å². The molecule has 1 unspecified atom stereocenters. The molecular weight excluding hydrogens is 1160 g/mol.